The summed E-state index contributed by atoms with van der Waals surface area (Å²) in [7, 11) is 0. The molecule has 2 aromatic rings. The van der Waals surface area contributed by atoms with Crippen LogP contribution in [0.15, 0.2) is 42.5 Å². The smallest absolute Gasteiger partial charge is 0.253 e. The number of anilines is 1. The van der Waals surface area contributed by atoms with E-state index in [0.29, 0.717) is 21.3 Å². The molecule has 1 saturated carbocycles. The molecule has 0 heterocycles. The molecule has 3 N–H and O–H groups in total. The highest BCUT2D eigenvalue weighted by Gasteiger charge is 2.20. The van der Waals surface area contributed by atoms with E-state index in [1.165, 1.54) is 0 Å². The van der Waals surface area contributed by atoms with Crippen molar-refractivity contribution in [1.82, 2.24) is 10.6 Å². The molecule has 2 amide bonds. The molecule has 5 nitrogen and oxygen atoms in total. The van der Waals surface area contributed by atoms with Gasteiger partial charge in [-0.25, -0.2) is 0 Å². The van der Waals surface area contributed by atoms with Gasteiger partial charge in [0.15, 0.2) is 0 Å². The highest BCUT2D eigenvalue weighted by Crippen LogP contribution is 2.25. The second-order valence-corrected chi connectivity index (χ2v) is 8.14. The lowest BCUT2D eigenvalue weighted by Crippen LogP contribution is -2.34. The molecule has 7 heteroatoms. The summed E-state index contributed by atoms with van der Waals surface area (Å²) in [5.41, 5.74) is 1.92. The van der Waals surface area contributed by atoms with Crippen molar-refractivity contribution in [2.24, 2.45) is 0 Å². The van der Waals surface area contributed by atoms with E-state index in [1.54, 1.807) is 36.4 Å². The van der Waals surface area contributed by atoms with Crippen molar-refractivity contribution in [3.63, 3.8) is 0 Å². The van der Waals surface area contributed by atoms with Crippen LogP contribution < -0.4 is 16.0 Å². The van der Waals surface area contributed by atoms with Crippen LogP contribution in [0.2, 0.25) is 10.0 Å². The van der Waals surface area contributed by atoms with Gasteiger partial charge in [-0.15, -0.1) is 0 Å². The Kier molecular flexibility index (Phi) is 7.53. The zero-order chi connectivity index (χ0) is 20.8. The van der Waals surface area contributed by atoms with E-state index in [9.17, 15) is 9.59 Å². The SMILES string of the molecule is C[C@@H](NCC(=O)Nc1ccccc1C(=O)NC1CCCC1)c1ccc(Cl)c(Cl)c1. The number of halogens is 2. The Morgan fingerprint density at radius 2 is 1.79 bits per heavy atom. The van der Waals surface area contributed by atoms with Gasteiger partial charge in [-0.1, -0.05) is 54.2 Å². The van der Waals surface area contributed by atoms with Gasteiger partial charge in [-0.3, -0.25) is 9.59 Å². The third kappa shape index (κ3) is 5.95. The van der Waals surface area contributed by atoms with Crippen LogP contribution in [0.4, 0.5) is 5.69 Å². The van der Waals surface area contributed by atoms with Crippen LogP contribution in [0.3, 0.4) is 0 Å². The van der Waals surface area contributed by atoms with E-state index in [1.807, 2.05) is 13.0 Å². The van der Waals surface area contributed by atoms with E-state index >= 15 is 0 Å². The summed E-state index contributed by atoms with van der Waals surface area (Å²) in [6, 6.07) is 12.6. The molecule has 3 rings (SSSR count). The minimum absolute atomic E-state index is 0.0866. The first-order valence-electron chi connectivity index (χ1n) is 9.82. The molecule has 0 saturated heterocycles. The van der Waals surface area contributed by atoms with E-state index in [-0.39, 0.29) is 30.4 Å². The molecule has 0 aromatic heterocycles. The summed E-state index contributed by atoms with van der Waals surface area (Å²) >= 11 is 12.0. The number of carbonyl (C=O) groups is 2. The van der Waals surface area contributed by atoms with Gasteiger partial charge < -0.3 is 16.0 Å². The summed E-state index contributed by atoms with van der Waals surface area (Å²) in [6.07, 6.45) is 4.31. The van der Waals surface area contributed by atoms with Crippen LogP contribution in [0.1, 0.15) is 54.6 Å². The van der Waals surface area contributed by atoms with E-state index < -0.39 is 0 Å². The number of nitrogens with one attached hydrogen (secondary N) is 3. The Labute approximate surface area is 181 Å². The van der Waals surface area contributed by atoms with Crippen LogP contribution in [0.25, 0.3) is 0 Å². The number of hydrogen-bond acceptors (Lipinski definition) is 3. The lowest BCUT2D eigenvalue weighted by atomic mass is 10.1. The van der Waals surface area contributed by atoms with Gasteiger partial charge >= 0.3 is 0 Å². The van der Waals surface area contributed by atoms with Gasteiger partial charge in [0.25, 0.3) is 5.91 Å². The molecular weight excluding hydrogens is 409 g/mol. The van der Waals surface area contributed by atoms with Crippen LogP contribution in [0.5, 0.6) is 0 Å². The average Bonchev–Trinajstić information content (AvgIpc) is 3.21. The number of carbonyl (C=O) groups excluding carboxylic acids is 2. The van der Waals surface area contributed by atoms with Gasteiger partial charge in [-0.2, -0.15) is 0 Å². The van der Waals surface area contributed by atoms with Crippen LogP contribution >= 0.6 is 23.2 Å². The molecule has 0 unspecified atom stereocenters. The van der Waals surface area contributed by atoms with Gasteiger partial charge in [0.2, 0.25) is 5.91 Å². The third-order valence-electron chi connectivity index (χ3n) is 5.15. The molecule has 0 spiro atoms. The highest BCUT2D eigenvalue weighted by molar-refractivity contribution is 6.42. The average molecular weight is 434 g/mol. The topological polar surface area (TPSA) is 70.2 Å². The number of amides is 2. The molecule has 1 fully saturated rings. The fourth-order valence-electron chi connectivity index (χ4n) is 3.46. The summed E-state index contributed by atoms with van der Waals surface area (Å²) in [6.45, 7) is 2.04. The van der Waals surface area contributed by atoms with Crippen molar-refractivity contribution in [2.75, 3.05) is 11.9 Å². The molecule has 154 valence electrons. The Morgan fingerprint density at radius 3 is 2.52 bits per heavy atom. The predicted molar refractivity (Wildman–Crippen MR) is 118 cm³/mol. The predicted octanol–water partition coefficient (Wildman–Crippen LogP) is 4.96. The molecule has 1 aliphatic carbocycles. The van der Waals surface area contributed by atoms with Crippen LogP contribution in [0, 0.1) is 0 Å². The molecule has 1 atom stereocenters. The standard InChI is InChI=1S/C22H25Cl2N3O2/c1-14(15-10-11-18(23)19(24)12-15)25-13-21(28)27-20-9-5-4-8-17(20)22(29)26-16-6-2-3-7-16/h4-5,8-12,14,16,25H,2-3,6-7,13H2,1H3,(H,26,29)(H,27,28)/t14-/m1/s1. The molecule has 0 radical (unpaired) electrons. The summed E-state index contributed by atoms with van der Waals surface area (Å²) in [5, 5.41) is 10.0. The Hall–Kier alpha value is -2.08. The molecule has 0 bridgehead atoms. The third-order valence-corrected chi connectivity index (χ3v) is 5.89. The van der Waals surface area contributed by atoms with Crippen molar-refractivity contribution >= 4 is 40.7 Å². The lowest BCUT2D eigenvalue weighted by Gasteiger charge is -2.17. The monoisotopic (exact) mass is 433 g/mol. The Balaban J connectivity index is 1.57. The maximum atomic E-state index is 12.6. The second-order valence-electron chi connectivity index (χ2n) is 7.32. The fourth-order valence-corrected chi connectivity index (χ4v) is 3.77. The second kappa shape index (κ2) is 10.1. The maximum absolute atomic E-state index is 12.6. The van der Waals surface area contributed by atoms with Crippen molar-refractivity contribution in [2.45, 2.75) is 44.7 Å². The van der Waals surface area contributed by atoms with Gasteiger partial charge in [0.05, 0.1) is 27.8 Å². The molecule has 2 aromatic carbocycles. The van der Waals surface area contributed by atoms with Crippen molar-refractivity contribution in [3.05, 3.63) is 63.6 Å². The van der Waals surface area contributed by atoms with Crippen LogP contribution in [-0.4, -0.2) is 24.4 Å². The first kappa shape index (κ1) is 21.6. The summed E-state index contributed by atoms with van der Waals surface area (Å²) in [5.74, 6) is -0.372. The largest absolute Gasteiger partial charge is 0.349 e. The molecule has 1 aliphatic rings. The minimum Gasteiger partial charge on any atom is -0.349 e. The number of para-hydroxylation sites is 1. The van der Waals surface area contributed by atoms with Gasteiger partial charge in [0.1, 0.15) is 0 Å². The van der Waals surface area contributed by atoms with E-state index in [2.05, 4.69) is 16.0 Å². The Bertz CT molecular complexity index is 882. The molecular formula is C22H25Cl2N3O2. The normalized spacial score (nSPS) is 15.1. The number of hydrogen-bond donors (Lipinski definition) is 3. The van der Waals surface area contributed by atoms with Gasteiger partial charge in [0, 0.05) is 12.1 Å². The fraction of sp³-hybridized carbons (Fsp3) is 0.364. The van der Waals surface area contributed by atoms with E-state index in [0.717, 1.165) is 31.2 Å². The number of rotatable bonds is 7. The molecule has 0 aliphatic heterocycles. The quantitative estimate of drug-likeness (QED) is 0.577. The van der Waals surface area contributed by atoms with Crippen molar-refractivity contribution in [3.8, 4) is 0 Å². The number of benzene rings is 2. The van der Waals surface area contributed by atoms with Crippen LogP contribution in [-0.2, 0) is 4.79 Å². The highest BCUT2D eigenvalue weighted by atomic mass is 35.5. The van der Waals surface area contributed by atoms with Gasteiger partial charge in [-0.05, 0) is 49.6 Å². The lowest BCUT2D eigenvalue weighted by molar-refractivity contribution is -0.115. The zero-order valence-corrected chi connectivity index (χ0v) is 17.8. The van der Waals surface area contributed by atoms with Crippen molar-refractivity contribution < 1.29 is 9.59 Å². The first-order valence-corrected chi connectivity index (χ1v) is 10.6. The maximum Gasteiger partial charge on any atom is 0.253 e. The minimum atomic E-state index is -0.224. The first-order chi connectivity index (χ1) is 13.9. The zero-order valence-electron chi connectivity index (χ0n) is 16.3. The molecule has 29 heavy (non-hydrogen) atoms. The summed E-state index contributed by atoms with van der Waals surface area (Å²) in [4.78, 5) is 25.0. The van der Waals surface area contributed by atoms with E-state index in [4.69, 9.17) is 23.2 Å². The summed E-state index contributed by atoms with van der Waals surface area (Å²) < 4.78 is 0. The Morgan fingerprint density at radius 1 is 1.07 bits per heavy atom. The van der Waals surface area contributed by atoms with Crippen molar-refractivity contribution in [1.29, 1.82) is 0 Å².